The second-order valence-corrected chi connectivity index (χ2v) is 4.46. The van der Waals surface area contributed by atoms with Crippen LogP contribution in [0.25, 0.3) is 0 Å². The highest BCUT2D eigenvalue weighted by Gasteiger charge is 2.10. The Labute approximate surface area is 102 Å². The Morgan fingerprint density at radius 1 is 1.13 bits per heavy atom. The molecule has 15 heavy (non-hydrogen) atoms. The smallest absolute Gasteiger partial charge is 0.121 e. The van der Waals surface area contributed by atoms with Gasteiger partial charge < -0.3 is 5.11 Å². The van der Waals surface area contributed by atoms with Crippen molar-refractivity contribution in [3.05, 3.63) is 63.5 Å². The second-order valence-electron chi connectivity index (χ2n) is 3.21. The van der Waals surface area contributed by atoms with Crippen molar-refractivity contribution in [2.45, 2.75) is 6.10 Å². The first-order chi connectivity index (χ1) is 7.27. The van der Waals surface area contributed by atoms with Gasteiger partial charge in [-0.15, -0.1) is 0 Å². The Morgan fingerprint density at radius 2 is 2.00 bits per heavy atom. The van der Waals surface area contributed by atoms with Gasteiger partial charge in [0.15, 0.2) is 0 Å². The number of hydrogen-bond donors (Lipinski definition) is 1. The molecule has 0 amide bonds. The summed E-state index contributed by atoms with van der Waals surface area (Å²) in [7, 11) is 0. The molecule has 2 nitrogen and oxygen atoms in total. The van der Waals surface area contributed by atoms with E-state index in [-0.39, 0.29) is 0 Å². The van der Waals surface area contributed by atoms with Gasteiger partial charge in [0.2, 0.25) is 0 Å². The zero-order valence-electron chi connectivity index (χ0n) is 7.97. The number of hydrogen-bond acceptors (Lipinski definition) is 2. The number of rotatable bonds is 2. The van der Waals surface area contributed by atoms with Crippen molar-refractivity contribution in [3.63, 3.8) is 0 Å². The molecular weight excluding hydrogens is 301 g/mol. The third-order valence-corrected chi connectivity index (χ3v) is 2.80. The van der Waals surface area contributed by atoms with Gasteiger partial charge in [0.25, 0.3) is 0 Å². The van der Waals surface area contributed by atoms with Crippen LogP contribution in [0.4, 0.5) is 0 Å². The maximum Gasteiger partial charge on any atom is 0.121 e. The number of pyridine rings is 1. The summed E-state index contributed by atoms with van der Waals surface area (Å²) < 4.78 is 1.11. The van der Waals surface area contributed by atoms with Crippen LogP contribution in [0, 0.1) is 3.57 Å². The molecule has 0 spiro atoms. The van der Waals surface area contributed by atoms with Crippen molar-refractivity contribution in [1.29, 1.82) is 0 Å². The van der Waals surface area contributed by atoms with Crippen LogP contribution >= 0.6 is 22.6 Å². The average Bonchev–Trinajstić information content (AvgIpc) is 2.29. The third-order valence-electron chi connectivity index (χ3n) is 2.13. The van der Waals surface area contributed by atoms with Gasteiger partial charge in [-0.3, -0.25) is 4.98 Å². The fourth-order valence-electron chi connectivity index (χ4n) is 1.39. The maximum absolute atomic E-state index is 10.1. The van der Waals surface area contributed by atoms with Gasteiger partial charge in [-0.1, -0.05) is 18.2 Å². The summed E-state index contributed by atoms with van der Waals surface area (Å²) in [5, 5.41) is 10.1. The summed E-state index contributed by atoms with van der Waals surface area (Å²) >= 11 is 2.23. The molecular formula is C12H10INO. The van der Waals surface area contributed by atoms with Crippen LogP contribution in [0.15, 0.2) is 48.7 Å². The minimum atomic E-state index is -0.638. The van der Waals surface area contributed by atoms with Crippen molar-refractivity contribution in [3.8, 4) is 0 Å². The molecule has 76 valence electrons. The lowest BCUT2D eigenvalue weighted by molar-refractivity contribution is 0.215. The van der Waals surface area contributed by atoms with Gasteiger partial charge in [0.1, 0.15) is 6.10 Å². The predicted octanol–water partition coefficient (Wildman–Crippen LogP) is 2.77. The zero-order valence-corrected chi connectivity index (χ0v) is 10.1. The average molecular weight is 311 g/mol. The fourth-order valence-corrected chi connectivity index (χ4v) is 1.95. The fraction of sp³-hybridized carbons (Fsp3) is 0.0833. The lowest BCUT2D eigenvalue weighted by atomic mass is 10.1. The molecule has 0 aliphatic heterocycles. The van der Waals surface area contributed by atoms with Gasteiger partial charge in [-0.05, 0) is 52.4 Å². The molecule has 0 bridgehead atoms. The van der Waals surface area contributed by atoms with E-state index < -0.39 is 6.10 Å². The first-order valence-corrected chi connectivity index (χ1v) is 5.70. The molecule has 3 heteroatoms. The number of aliphatic hydroxyl groups is 1. The van der Waals surface area contributed by atoms with Crippen molar-refractivity contribution in [1.82, 2.24) is 4.98 Å². The highest BCUT2D eigenvalue weighted by atomic mass is 127. The lowest BCUT2D eigenvalue weighted by Crippen LogP contribution is -2.01. The molecule has 1 N–H and O–H groups in total. The number of aromatic nitrogens is 1. The van der Waals surface area contributed by atoms with E-state index in [1.54, 1.807) is 6.20 Å². The van der Waals surface area contributed by atoms with Crippen molar-refractivity contribution in [2.24, 2.45) is 0 Å². The Balaban J connectivity index is 2.32. The quantitative estimate of drug-likeness (QED) is 0.865. The topological polar surface area (TPSA) is 33.1 Å². The van der Waals surface area contributed by atoms with E-state index in [9.17, 15) is 5.11 Å². The van der Waals surface area contributed by atoms with E-state index in [0.29, 0.717) is 5.69 Å². The van der Waals surface area contributed by atoms with Crippen LogP contribution < -0.4 is 0 Å². The summed E-state index contributed by atoms with van der Waals surface area (Å²) in [6.07, 6.45) is 1.05. The number of aliphatic hydroxyl groups excluding tert-OH is 1. The second kappa shape index (κ2) is 4.72. The summed E-state index contributed by atoms with van der Waals surface area (Å²) in [6.45, 7) is 0. The van der Waals surface area contributed by atoms with Crippen LogP contribution in [-0.4, -0.2) is 10.1 Å². The summed E-state index contributed by atoms with van der Waals surface area (Å²) in [5.41, 5.74) is 1.56. The van der Waals surface area contributed by atoms with Crippen molar-refractivity contribution >= 4 is 22.6 Å². The largest absolute Gasteiger partial charge is 0.382 e. The van der Waals surface area contributed by atoms with Gasteiger partial charge in [0, 0.05) is 9.77 Å². The molecule has 0 aliphatic carbocycles. The van der Waals surface area contributed by atoms with Crippen molar-refractivity contribution in [2.75, 3.05) is 0 Å². The standard InChI is InChI=1S/C12H10INO/c13-10-5-3-4-9(8-10)12(15)11-6-1-2-7-14-11/h1-8,12,15H. The normalized spacial score (nSPS) is 12.4. The predicted molar refractivity (Wildman–Crippen MR) is 67.5 cm³/mol. The van der Waals surface area contributed by atoms with Crippen LogP contribution in [-0.2, 0) is 0 Å². The summed E-state index contributed by atoms with van der Waals surface area (Å²) in [6, 6.07) is 13.3. The van der Waals surface area contributed by atoms with Crippen molar-refractivity contribution < 1.29 is 5.11 Å². The Bertz CT molecular complexity index is 444. The number of nitrogens with zero attached hydrogens (tertiary/aromatic N) is 1. The Morgan fingerprint density at radius 3 is 2.67 bits per heavy atom. The third kappa shape index (κ3) is 2.54. The minimum Gasteiger partial charge on any atom is -0.382 e. The number of benzene rings is 1. The molecule has 2 aromatic rings. The van der Waals surface area contributed by atoms with E-state index in [1.807, 2.05) is 42.5 Å². The molecule has 1 unspecified atom stereocenters. The molecule has 2 rings (SSSR count). The molecule has 1 heterocycles. The van der Waals surface area contributed by atoms with E-state index >= 15 is 0 Å². The van der Waals surface area contributed by atoms with E-state index in [1.165, 1.54) is 0 Å². The van der Waals surface area contributed by atoms with Crippen LogP contribution in [0.1, 0.15) is 17.4 Å². The van der Waals surface area contributed by atoms with Crippen LogP contribution in [0.5, 0.6) is 0 Å². The first kappa shape index (κ1) is 10.6. The zero-order chi connectivity index (χ0) is 10.7. The SMILES string of the molecule is OC(c1cccc(I)c1)c1ccccn1. The molecule has 1 aromatic carbocycles. The molecule has 0 fully saturated rings. The van der Waals surface area contributed by atoms with E-state index in [2.05, 4.69) is 27.6 Å². The maximum atomic E-state index is 10.1. The minimum absolute atomic E-state index is 0.638. The summed E-state index contributed by atoms with van der Waals surface area (Å²) in [4.78, 5) is 4.13. The van der Waals surface area contributed by atoms with Gasteiger partial charge in [0.05, 0.1) is 5.69 Å². The van der Waals surface area contributed by atoms with Gasteiger partial charge in [-0.2, -0.15) is 0 Å². The monoisotopic (exact) mass is 311 g/mol. The van der Waals surface area contributed by atoms with Crippen LogP contribution in [0.2, 0.25) is 0 Å². The van der Waals surface area contributed by atoms with Gasteiger partial charge >= 0.3 is 0 Å². The van der Waals surface area contributed by atoms with E-state index in [0.717, 1.165) is 9.13 Å². The molecule has 0 saturated carbocycles. The highest BCUT2D eigenvalue weighted by Crippen LogP contribution is 2.21. The molecule has 0 radical (unpaired) electrons. The first-order valence-electron chi connectivity index (χ1n) is 4.62. The van der Waals surface area contributed by atoms with Gasteiger partial charge in [-0.25, -0.2) is 0 Å². The molecule has 1 atom stereocenters. The molecule has 0 saturated heterocycles. The van der Waals surface area contributed by atoms with Crippen LogP contribution in [0.3, 0.4) is 0 Å². The molecule has 1 aromatic heterocycles. The highest BCUT2D eigenvalue weighted by molar-refractivity contribution is 14.1. The number of halogens is 1. The summed E-state index contributed by atoms with van der Waals surface area (Å²) in [5.74, 6) is 0. The lowest BCUT2D eigenvalue weighted by Gasteiger charge is -2.10. The Kier molecular flexibility index (Phi) is 3.33. The van der Waals surface area contributed by atoms with E-state index in [4.69, 9.17) is 0 Å². The molecule has 0 aliphatic rings. The Hall–Kier alpha value is -0.940.